The van der Waals surface area contributed by atoms with Crippen molar-refractivity contribution in [3.8, 4) is 17.0 Å². The van der Waals surface area contributed by atoms with Crippen molar-refractivity contribution in [1.29, 1.82) is 0 Å². The number of benzene rings is 1. The van der Waals surface area contributed by atoms with Crippen LogP contribution in [0.1, 0.15) is 10.4 Å². The van der Waals surface area contributed by atoms with Crippen molar-refractivity contribution in [2.45, 2.75) is 11.5 Å². The number of aryl methyl sites for hydroxylation is 1. The molecule has 0 aliphatic carbocycles. The number of amides is 1. The molecule has 2 N–H and O–H groups in total. The fourth-order valence-electron chi connectivity index (χ4n) is 3.28. The number of hydrogen-bond acceptors (Lipinski definition) is 8. The first-order valence-electron chi connectivity index (χ1n) is 9.76. The van der Waals surface area contributed by atoms with Gasteiger partial charge in [0.05, 0.1) is 29.1 Å². The van der Waals surface area contributed by atoms with E-state index in [-0.39, 0.29) is 33.2 Å². The van der Waals surface area contributed by atoms with Gasteiger partial charge >= 0.3 is 6.61 Å². The number of aliphatic hydroxyl groups excluding tert-OH is 1. The Hall–Kier alpha value is -3.91. The fraction of sp³-hybridized carbons (Fsp3) is 0.200. The van der Waals surface area contributed by atoms with E-state index in [0.717, 1.165) is 18.2 Å². The van der Waals surface area contributed by atoms with Gasteiger partial charge in [-0.25, -0.2) is 17.9 Å². The van der Waals surface area contributed by atoms with Crippen LogP contribution in [0.3, 0.4) is 0 Å². The normalized spacial score (nSPS) is 11.8. The lowest BCUT2D eigenvalue weighted by Gasteiger charge is -2.13. The minimum absolute atomic E-state index is 0.00279. The van der Waals surface area contributed by atoms with E-state index in [2.05, 4.69) is 25.2 Å². The van der Waals surface area contributed by atoms with Crippen LogP contribution in [-0.4, -0.2) is 62.8 Å². The maximum Gasteiger partial charge on any atom is 0.387 e. The molecule has 4 rings (SSSR count). The molecule has 0 radical (unpaired) electrons. The Morgan fingerprint density at radius 2 is 2.12 bits per heavy atom. The lowest BCUT2D eigenvalue weighted by atomic mass is 10.1. The number of ether oxygens (including phenoxy) is 1. The van der Waals surface area contributed by atoms with Crippen molar-refractivity contribution in [2.75, 3.05) is 17.7 Å². The van der Waals surface area contributed by atoms with Gasteiger partial charge < -0.3 is 15.2 Å². The van der Waals surface area contributed by atoms with Gasteiger partial charge in [-0.15, -0.1) is 0 Å². The molecule has 0 aliphatic heterocycles. The maximum absolute atomic E-state index is 13.0. The molecule has 0 spiro atoms. The van der Waals surface area contributed by atoms with Crippen LogP contribution < -0.4 is 10.1 Å². The lowest BCUT2D eigenvalue weighted by Crippen LogP contribution is -2.13. The number of alkyl halides is 2. The van der Waals surface area contributed by atoms with Crippen LogP contribution in [0.2, 0.25) is 0 Å². The maximum atomic E-state index is 13.0. The van der Waals surface area contributed by atoms with E-state index in [1.165, 1.54) is 34.8 Å². The number of nitrogens with one attached hydrogen (secondary N) is 1. The molecule has 3 aromatic heterocycles. The molecular formula is C20H18F2N6O5S. The van der Waals surface area contributed by atoms with Gasteiger partial charge in [-0.2, -0.15) is 19.0 Å². The summed E-state index contributed by atoms with van der Waals surface area (Å²) in [5, 5.41) is 20.0. The molecule has 0 aliphatic rings. The minimum Gasteiger partial charge on any atom is -0.434 e. The number of halogens is 2. The van der Waals surface area contributed by atoms with E-state index < -0.39 is 34.7 Å². The van der Waals surface area contributed by atoms with E-state index in [9.17, 15) is 22.0 Å². The molecule has 0 unspecified atom stereocenters. The number of anilines is 1. The number of carbonyl (C=O) groups is 1. The zero-order valence-corrected chi connectivity index (χ0v) is 18.4. The first-order chi connectivity index (χ1) is 16.2. The molecule has 4 aromatic rings. The van der Waals surface area contributed by atoms with E-state index >= 15 is 0 Å². The number of hydrogen-bond donors (Lipinski definition) is 2. The quantitative estimate of drug-likeness (QED) is 0.379. The van der Waals surface area contributed by atoms with Gasteiger partial charge in [0.2, 0.25) is 0 Å². The summed E-state index contributed by atoms with van der Waals surface area (Å²) in [5.41, 5.74) is 0.465. The summed E-state index contributed by atoms with van der Waals surface area (Å²) in [6.07, 6.45) is 5.85. The van der Waals surface area contributed by atoms with E-state index in [1.54, 1.807) is 12.3 Å². The third kappa shape index (κ3) is 4.58. The van der Waals surface area contributed by atoms with Crippen molar-refractivity contribution in [3.63, 3.8) is 0 Å². The van der Waals surface area contributed by atoms with Gasteiger partial charge in [-0.05, 0) is 24.3 Å². The number of nitrogens with zero attached hydrogens (tertiary/aromatic N) is 5. The van der Waals surface area contributed by atoms with Gasteiger partial charge in [0.15, 0.2) is 15.5 Å². The minimum atomic E-state index is -3.91. The van der Waals surface area contributed by atoms with Crippen molar-refractivity contribution < 1.29 is 31.8 Å². The first-order valence-corrected chi connectivity index (χ1v) is 11.4. The van der Waals surface area contributed by atoms with Crippen LogP contribution >= 0.6 is 0 Å². The van der Waals surface area contributed by atoms with E-state index in [4.69, 9.17) is 5.11 Å². The SMILES string of the molecule is Cn1cc(NC(=O)c2cnn3cccnc23)c(-c2cc(S(=O)(=O)CCO)ccc2OC(F)F)n1. The van der Waals surface area contributed by atoms with Crippen LogP contribution in [-0.2, 0) is 16.9 Å². The summed E-state index contributed by atoms with van der Waals surface area (Å²) in [6.45, 7) is -3.81. The highest BCUT2D eigenvalue weighted by atomic mass is 32.2. The van der Waals surface area contributed by atoms with Crippen LogP contribution in [0.4, 0.5) is 14.5 Å². The largest absolute Gasteiger partial charge is 0.434 e. The molecule has 0 saturated heterocycles. The number of fused-ring (bicyclic) bond motifs is 1. The number of rotatable bonds is 8. The molecule has 11 nitrogen and oxygen atoms in total. The molecule has 34 heavy (non-hydrogen) atoms. The monoisotopic (exact) mass is 492 g/mol. The number of carbonyl (C=O) groups excluding carboxylic acids is 1. The highest BCUT2D eigenvalue weighted by molar-refractivity contribution is 7.91. The summed E-state index contributed by atoms with van der Waals surface area (Å²) in [6, 6.07) is 4.92. The molecule has 0 fully saturated rings. The Balaban J connectivity index is 1.78. The fourth-order valence-corrected chi connectivity index (χ4v) is 4.33. The predicted molar refractivity (Wildman–Crippen MR) is 115 cm³/mol. The molecule has 0 saturated carbocycles. The average molecular weight is 492 g/mol. The number of aromatic nitrogens is 5. The Bertz CT molecular complexity index is 1470. The summed E-state index contributed by atoms with van der Waals surface area (Å²) in [4.78, 5) is 16.8. The smallest absolute Gasteiger partial charge is 0.387 e. The molecule has 1 amide bonds. The Labute approximate surface area is 191 Å². The first kappa shape index (κ1) is 23.3. The number of aliphatic hydroxyl groups is 1. The van der Waals surface area contributed by atoms with Crippen molar-refractivity contribution >= 4 is 27.1 Å². The van der Waals surface area contributed by atoms with Gasteiger partial charge in [0.1, 0.15) is 17.0 Å². The molecule has 178 valence electrons. The second kappa shape index (κ2) is 9.15. The van der Waals surface area contributed by atoms with Gasteiger partial charge in [-0.3, -0.25) is 9.48 Å². The zero-order valence-electron chi connectivity index (χ0n) is 17.6. The molecule has 0 atom stereocenters. The summed E-state index contributed by atoms with van der Waals surface area (Å²) < 4.78 is 58.2. The average Bonchev–Trinajstić information content (AvgIpc) is 3.36. The van der Waals surface area contributed by atoms with Crippen LogP contribution in [0.25, 0.3) is 16.9 Å². The topological polar surface area (TPSA) is 141 Å². The molecule has 3 heterocycles. The van der Waals surface area contributed by atoms with Gasteiger partial charge in [0, 0.05) is 31.2 Å². The zero-order chi connectivity index (χ0) is 24.5. The lowest BCUT2D eigenvalue weighted by molar-refractivity contribution is -0.0494. The standard InChI is InChI=1S/C20H18F2N6O5S/c1-27-11-15(25-19(30)14-10-24-28-6-2-5-23-18(14)28)17(26-27)13-9-12(34(31,32)8-7-29)3-4-16(13)33-20(21)22/h2-6,9-11,20,29H,7-8H2,1H3,(H,25,30). The molecule has 0 bridgehead atoms. The van der Waals surface area contributed by atoms with E-state index in [0.29, 0.717) is 5.65 Å². The molecule has 14 heteroatoms. The summed E-state index contributed by atoms with van der Waals surface area (Å²) >= 11 is 0. The van der Waals surface area contributed by atoms with E-state index in [1.807, 2.05) is 0 Å². The summed E-state index contributed by atoms with van der Waals surface area (Å²) in [5.74, 6) is -1.50. The highest BCUT2D eigenvalue weighted by Gasteiger charge is 2.24. The second-order valence-corrected chi connectivity index (χ2v) is 9.15. The predicted octanol–water partition coefficient (Wildman–Crippen LogP) is 1.75. The van der Waals surface area contributed by atoms with Gasteiger partial charge in [0.25, 0.3) is 5.91 Å². The summed E-state index contributed by atoms with van der Waals surface area (Å²) in [7, 11) is -2.37. The molecule has 1 aromatic carbocycles. The Morgan fingerprint density at radius 1 is 1.32 bits per heavy atom. The Morgan fingerprint density at radius 3 is 2.85 bits per heavy atom. The van der Waals surface area contributed by atoms with Gasteiger partial charge in [-0.1, -0.05) is 0 Å². The third-order valence-corrected chi connectivity index (χ3v) is 6.43. The number of sulfone groups is 1. The second-order valence-electron chi connectivity index (χ2n) is 7.04. The van der Waals surface area contributed by atoms with Crippen molar-refractivity contribution in [3.05, 3.63) is 54.6 Å². The van der Waals surface area contributed by atoms with Crippen LogP contribution in [0.5, 0.6) is 5.75 Å². The highest BCUT2D eigenvalue weighted by Crippen LogP contribution is 2.37. The molecular weight excluding hydrogens is 474 g/mol. The van der Waals surface area contributed by atoms with Crippen molar-refractivity contribution in [2.24, 2.45) is 7.05 Å². The van der Waals surface area contributed by atoms with Crippen molar-refractivity contribution in [1.82, 2.24) is 24.4 Å². The Kier molecular flexibility index (Phi) is 6.26. The van der Waals surface area contributed by atoms with Crippen LogP contribution in [0, 0.1) is 0 Å². The van der Waals surface area contributed by atoms with Crippen LogP contribution in [0.15, 0.2) is 53.9 Å². The third-order valence-electron chi connectivity index (χ3n) is 4.74.